The molecule has 0 bridgehead atoms. The molecule has 0 unspecified atom stereocenters. The third-order valence-corrected chi connectivity index (χ3v) is 1.29. The summed E-state index contributed by atoms with van der Waals surface area (Å²) in [6, 6.07) is 0. The van der Waals surface area contributed by atoms with Crippen LogP contribution in [0.2, 0.25) is 0 Å². The zero-order valence-corrected chi connectivity index (χ0v) is 6.08. The van der Waals surface area contributed by atoms with Crippen LogP contribution in [0.5, 0.6) is 0 Å². The molecule has 0 spiro atoms. The first-order valence-corrected chi connectivity index (χ1v) is 2.86. The molecule has 0 aliphatic carbocycles. The van der Waals surface area contributed by atoms with Gasteiger partial charge in [0.2, 0.25) is 0 Å². The van der Waals surface area contributed by atoms with E-state index < -0.39 is 0 Å². The molecule has 0 aliphatic rings. The fraction of sp³-hybridized carbons (Fsp3) is 0.250. The maximum Gasteiger partial charge on any atom is 0.176 e. The van der Waals surface area contributed by atoms with Gasteiger partial charge in [-0.15, -0.1) is 6.58 Å². The normalized spacial score (nSPS) is 8.12. The van der Waals surface area contributed by atoms with Gasteiger partial charge in [-0.25, -0.2) is 0 Å². The quantitative estimate of drug-likeness (QED) is 0.341. The summed E-state index contributed by atoms with van der Waals surface area (Å²) >= 11 is 8.46. The van der Waals surface area contributed by atoms with Gasteiger partial charge in [-0.2, -0.15) is 0 Å². The van der Waals surface area contributed by atoms with Crippen LogP contribution in [-0.2, 0) is 0 Å². The van der Waals surface area contributed by atoms with Crippen molar-refractivity contribution in [2.24, 2.45) is 5.73 Å². The summed E-state index contributed by atoms with van der Waals surface area (Å²) in [4.78, 5) is 0. The molecular formula is C4H8N2S2. The first-order chi connectivity index (χ1) is 3.68. The van der Waals surface area contributed by atoms with Crippen molar-refractivity contribution in [2.75, 3.05) is 6.54 Å². The Kier molecular flexibility index (Phi) is 3.64. The summed E-state index contributed by atoms with van der Waals surface area (Å²) in [7, 11) is 0. The van der Waals surface area contributed by atoms with Crippen LogP contribution in [0.15, 0.2) is 12.7 Å². The Bertz CT molecular complexity index is 102. The predicted octanol–water partition coefficient (Wildman–Crippen LogP) is 0.563. The van der Waals surface area contributed by atoms with Gasteiger partial charge in [0.15, 0.2) is 5.11 Å². The highest BCUT2D eigenvalue weighted by Gasteiger charge is 1.93. The first-order valence-electron chi connectivity index (χ1n) is 2.05. The molecule has 0 fully saturated rings. The monoisotopic (exact) mass is 148 g/mol. The molecule has 46 valence electrons. The van der Waals surface area contributed by atoms with E-state index in [0.29, 0.717) is 6.54 Å². The van der Waals surface area contributed by atoms with E-state index in [1.165, 1.54) is 4.31 Å². The second kappa shape index (κ2) is 3.74. The number of nitrogens with zero attached hydrogens (tertiary/aromatic N) is 1. The van der Waals surface area contributed by atoms with E-state index in [1.54, 1.807) is 6.08 Å². The Hall–Kier alpha value is -0.220. The summed E-state index contributed by atoms with van der Waals surface area (Å²) in [5.41, 5.74) is 5.16. The Morgan fingerprint density at radius 1 is 2.00 bits per heavy atom. The van der Waals surface area contributed by atoms with E-state index >= 15 is 0 Å². The van der Waals surface area contributed by atoms with Crippen molar-refractivity contribution in [3.05, 3.63) is 12.7 Å². The van der Waals surface area contributed by atoms with Gasteiger partial charge in [-0.1, -0.05) is 18.9 Å². The maximum absolute atomic E-state index is 5.16. The first kappa shape index (κ1) is 7.78. The average Bonchev–Trinajstić information content (AvgIpc) is 1.67. The number of rotatable bonds is 2. The van der Waals surface area contributed by atoms with Gasteiger partial charge < -0.3 is 5.73 Å². The van der Waals surface area contributed by atoms with E-state index in [-0.39, 0.29) is 5.11 Å². The number of hydrogen-bond acceptors (Lipinski definition) is 2. The lowest BCUT2D eigenvalue weighted by Crippen LogP contribution is -2.27. The number of thiocarbonyl (C=S) groups is 1. The number of hydrogen-bond donors (Lipinski definition) is 2. The topological polar surface area (TPSA) is 29.3 Å². The van der Waals surface area contributed by atoms with Crippen LogP contribution in [0.1, 0.15) is 0 Å². The largest absolute Gasteiger partial charge is 0.375 e. The molecule has 2 N–H and O–H groups in total. The van der Waals surface area contributed by atoms with Gasteiger partial charge in [0.25, 0.3) is 0 Å². The van der Waals surface area contributed by atoms with E-state index in [4.69, 9.17) is 5.73 Å². The maximum atomic E-state index is 5.16. The smallest absolute Gasteiger partial charge is 0.176 e. The molecular weight excluding hydrogens is 140 g/mol. The molecule has 0 amide bonds. The molecule has 0 rings (SSSR count). The molecule has 0 heterocycles. The highest BCUT2D eigenvalue weighted by atomic mass is 32.1. The van der Waals surface area contributed by atoms with Gasteiger partial charge in [0.05, 0.1) is 0 Å². The van der Waals surface area contributed by atoms with Crippen LogP contribution >= 0.6 is 25.0 Å². The standard InChI is InChI=1S/C4H8N2S2/c1-2-3-6(8)4(5)7/h2,8H,1,3H2,(H2,5,7). The summed E-state index contributed by atoms with van der Waals surface area (Å²) in [5, 5.41) is 0.272. The highest BCUT2D eigenvalue weighted by molar-refractivity contribution is 7.84. The minimum atomic E-state index is 0.272. The summed E-state index contributed by atoms with van der Waals surface area (Å²) in [6.07, 6.45) is 1.67. The summed E-state index contributed by atoms with van der Waals surface area (Å²) in [6.45, 7) is 4.06. The van der Waals surface area contributed by atoms with Gasteiger partial charge in [-0.3, -0.25) is 4.31 Å². The molecule has 8 heavy (non-hydrogen) atoms. The Labute approximate surface area is 59.9 Å². The van der Waals surface area contributed by atoms with Crippen LogP contribution < -0.4 is 5.73 Å². The Morgan fingerprint density at radius 3 is 2.62 bits per heavy atom. The lowest BCUT2D eigenvalue weighted by atomic mass is 10.6. The van der Waals surface area contributed by atoms with Crippen LogP contribution in [-0.4, -0.2) is 16.0 Å². The molecule has 0 aromatic rings. The predicted molar refractivity (Wildman–Crippen MR) is 42.7 cm³/mol. The number of nitrogens with two attached hydrogens (primary N) is 1. The van der Waals surface area contributed by atoms with Crippen molar-refractivity contribution in [3.63, 3.8) is 0 Å². The van der Waals surface area contributed by atoms with E-state index in [9.17, 15) is 0 Å². The third-order valence-electron chi connectivity index (χ3n) is 0.556. The SMILES string of the molecule is C=CCN(S)C(N)=S. The van der Waals surface area contributed by atoms with E-state index in [0.717, 1.165) is 0 Å². The Balaban J connectivity index is 3.46. The second-order valence-corrected chi connectivity index (χ2v) is 2.11. The molecule has 4 heteroatoms. The van der Waals surface area contributed by atoms with Gasteiger partial charge in [0, 0.05) is 6.54 Å². The molecule has 2 nitrogen and oxygen atoms in total. The van der Waals surface area contributed by atoms with Crippen molar-refractivity contribution in [1.29, 1.82) is 0 Å². The molecule has 0 saturated carbocycles. The van der Waals surface area contributed by atoms with E-state index in [2.05, 4.69) is 31.6 Å². The van der Waals surface area contributed by atoms with Crippen LogP contribution in [0, 0.1) is 0 Å². The molecule has 0 aromatic carbocycles. The van der Waals surface area contributed by atoms with Crippen LogP contribution in [0.3, 0.4) is 0 Å². The van der Waals surface area contributed by atoms with Crippen molar-refractivity contribution >= 4 is 30.1 Å². The molecule has 0 saturated heterocycles. The molecule has 0 aliphatic heterocycles. The fourth-order valence-corrected chi connectivity index (χ4v) is 0.402. The van der Waals surface area contributed by atoms with Crippen molar-refractivity contribution in [2.45, 2.75) is 0 Å². The van der Waals surface area contributed by atoms with Crippen molar-refractivity contribution < 1.29 is 0 Å². The zero-order chi connectivity index (χ0) is 6.57. The second-order valence-electron chi connectivity index (χ2n) is 1.21. The highest BCUT2D eigenvalue weighted by Crippen LogP contribution is 1.90. The lowest BCUT2D eigenvalue weighted by molar-refractivity contribution is 0.776. The average molecular weight is 148 g/mol. The molecule has 0 radical (unpaired) electrons. The van der Waals surface area contributed by atoms with Crippen LogP contribution in [0.4, 0.5) is 0 Å². The van der Waals surface area contributed by atoms with E-state index in [1.807, 2.05) is 0 Å². The van der Waals surface area contributed by atoms with Crippen LogP contribution in [0.25, 0.3) is 0 Å². The third kappa shape index (κ3) is 2.87. The zero-order valence-electron chi connectivity index (χ0n) is 4.37. The molecule has 0 aromatic heterocycles. The Morgan fingerprint density at radius 2 is 2.50 bits per heavy atom. The fourth-order valence-electron chi connectivity index (χ4n) is 0.212. The van der Waals surface area contributed by atoms with Crippen molar-refractivity contribution in [1.82, 2.24) is 4.31 Å². The minimum Gasteiger partial charge on any atom is -0.375 e. The van der Waals surface area contributed by atoms with Gasteiger partial charge >= 0.3 is 0 Å². The molecule has 0 atom stereocenters. The number of thiol groups is 1. The van der Waals surface area contributed by atoms with Crippen molar-refractivity contribution in [3.8, 4) is 0 Å². The lowest BCUT2D eigenvalue weighted by Gasteiger charge is -2.10. The summed E-state index contributed by atoms with van der Waals surface area (Å²) < 4.78 is 1.43. The summed E-state index contributed by atoms with van der Waals surface area (Å²) in [5.74, 6) is 0. The minimum absolute atomic E-state index is 0.272. The van der Waals surface area contributed by atoms with Gasteiger partial charge in [0.1, 0.15) is 0 Å². The van der Waals surface area contributed by atoms with Gasteiger partial charge in [-0.05, 0) is 12.2 Å².